The quantitative estimate of drug-likeness (QED) is 0.323. The molecule has 0 spiro atoms. The highest BCUT2D eigenvalue weighted by molar-refractivity contribution is 5.76. The van der Waals surface area contributed by atoms with Gasteiger partial charge in [-0.05, 0) is 97.5 Å². The minimum absolute atomic E-state index is 0.0579. The Morgan fingerprint density at radius 2 is 1.79 bits per heavy atom. The van der Waals surface area contributed by atoms with E-state index in [-0.39, 0.29) is 17.4 Å². The van der Waals surface area contributed by atoms with Gasteiger partial charge in [-0.3, -0.25) is 14.6 Å². The Balaban J connectivity index is 1.11. The largest absolute Gasteiger partial charge is 0.508 e. The summed E-state index contributed by atoms with van der Waals surface area (Å²) in [7, 11) is 0. The molecule has 3 N–H and O–H groups in total. The molecule has 2 bridgehead atoms. The van der Waals surface area contributed by atoms with Crippen LogP contribution in [0.25, 0.3) is 0 Å². The van der Waals surface area contributed by atoms with Crippen molar-refractivity contribution in [3.05, 3.63) is 95.1 Å². The first-order chi connectivity index (χ1) is 20.4. The van der Waals surface area contributed by atoms with E-state index < -0.39 is 0 Å². The number of rotatable bonds is 9. The Bertz CT molecular complexity index is 1380. The van der Waals surface area contributed by atoms with Crippen molar-refractivity contribution in [1.82, 2.24) is 15.1 Å². The van der Waals surface area contributed by atoms with Crippen LogP contribution in [0.15, 0.2) is 72.8 Å². The highest BCUT2D eigenvalue weighted by atomic mass is 16.3. The molecule has 6 nitrogen and oxygen atoms in total. The lowest BCUT2D eigenvalue weighted by Crippen LogP contribution is -2.61. The minimum atomic E-state index is -0.0579. The van der Waals surface area contributed by atoms with E-state index in [4.69, 9.17) is 0 Å². The van der Waals surface area contributed by atoms with Crippen LogP contribution < -0.4 is 5.32 Å². The van der Waals surface area contributed by atoms with Crippen LogP contribution in [0.3, 0.4) is 0 Å². The molecule has 1 saturated heterocycles. The number of aryl methyl sites for hydroxylation is 1. The Morgan fingerprint density at radius 3 is 2.62 bits per heavy atom. The Kier molecular flexibility index (Phi) is 8.55. The van der Waals surface area contributed by atoms with E-state index in [0.717, 1.165) is 71.2 Å². The summed E-state index contributed by atoms with van der Waals surface area (Å²) in [6.07, 6.45) is 6.56. The van der Waals surface area contributed by atoms with Gasteiger partial charge in [-0.2, -0.15) is 0 Å². The number of likely N-dealkylation sites (tertiary alicyclic amines) is 1. The molecule has 1 aliphatic carbocycles. The van der Waals surface area contributed by atoms with Gasteiger partial charge < -0.3 is 15.5 Å². The van der Waals surface area contributed by atoms with Gasteiger partial charge in [0.05, 0.1) is 0 Å². The lowest BCUT2D eigenvalue weighted by molar-refractivity contribution is -0.123. The van der Waals surface area contributed by atoms with E-state index in [9.17, 15) is 15.0 Å². The van der Waals surface area contributed by atoms with E-state index in [1.165, 1.54) is 22.3 Å². The number of fused-ring (bicyclic) bond motifs is 3. The van der Waals surface area contributed by atoms with Crippen LogP contribution in [0.4, 0.5) is 0 Å². The van der Waals surface area contributed by atoms with E-state index in [1.54, 1.807) is 12.1 Å². The van der Waals surface area contributed by atoms with Crippen molar-refractivity contribution in [3.8, 4) is 11.5 Å². The summed E-state index contributed by atoms with van der Waals surface area (Å²) in [4.78, 5) is 18.3. The first-order valence-corrected chi connectivity index (χ1v) is 15.8. The van der Waals surface area contributed by atoms with E-state index in [1.807, 2.05) is 24.3 Å². The average Bonchev–Trinajstić information content (AvgIpc) is 2.99. The van der Waals surface area contributed by atoms with Crippen molar-refractivity contribution in [2.75, 3.05) is 26.2 Å². The average molecular weight is 568 g/mol. The molecular formula is C36H45N3O3. The van der Waals surface area contributed by atoms with Crippen molar-refractivity contribution >= 4 is 5.91 Å². The van der Waals surface area contributed by atoms with Crippen LogP contribution in [0.5, 0.6) is 11.5 Å². The normalized spacial score (nSPS) is 26.0. The summed E-state index contributed by atoms with van der Waals surface area (Å²) < 4.78 is 0. The Morgan fingerprint density at radius 1 is 0.952 bits per heavy atom. The molecule has 3 unspecified atom stereocenters. The number of phenols is 2. The minimum Gasteiger partial charge on any atom is -0.508 e. The van der Waals surface area contributed by atoms with Crippen molar-refractivity contribution in [3.63, 3.8) is 0 Å². The van der Waals surface area contributed by atoms with Gasteiger partial charge in [0.25, 0.3) is 0 Å². The highest BCUT2D eigenvalue weighted by Crippen LogP contribution is 2.50. The van der Waals surface area contributed by atoms with E-state index in [0.29, 0.717) is 29.9 Å². The molecule has 3 aromatic carbocycles. The van der Waals surface area contributed by atoms with Gasteiger partial charge in [0, 0.05) is 50.1 Å². The summed E-state index contributed by atoms with van der Waals surface area (Å²) in [5.41, 5.74) is 5.00. The van der Waals surface area contributed by atoms with Crippen LogP contribution in [0.1, 0.15) is 61.3 Å². The summed E-state index contributed by atoms with van der Waals surface area (Å²) in [6, 6.07) is 24.7. The maximum atomic E-state index is 13.3. The van der Waals surface area contributed by atoms with Crippen LogP contribution in [0, 0.1) is 5.92 Å². The fraction of sp³-hybridized carbons (Fsp3) is 0.472. The fourth-order valence-corrected chi connectivity index (χ4v) is 7.99. The number of piperidine rings is 1. The number of carbonyl (C=O) groups is 1. The molecule has 2 fully saturated rings. The SMILES string of the molecule is CC1CN(CCCc2ccccc2)C2C[C@H](NC(=O)CCN3CCc4cc(O)ccc4C3)CC1(c1cccc(O)c1)C2. The summed E-state index contributed by atoms with van der Waals surface area (Å²) in [5, 5.41) is 23.6. The van der Waals surface area contributed by atoms with E-state index >= 15 is 0 Å². The predicted octanol–water partition coefficient (Wildman–Crippen LogP) is 5.41. The van der Waals surface area contributed by atoms with Crippen molar-refractivity contribution in [2.45, 2.75) is 75.9 Å². The number of aromatic hydroxyl groups is 2. The monoisotopic (exact) mass is 567 g/mol. The molecule has 1 saturated carbocycles. The molecule has 4 atom stereocenters. The maximum Gasteiger partial charge on any atom is 0.221 e. The fourth-order valence-electron chi connectivity index (χ4n) is 7.99. The second kappa shape index (κ2) is 12.5. The van der Waals surface area contributed by atoms with Crippen molar-refractivity contribution in [1.29, 1.82) is 0 Å². The molecule has 3 aliphatic rings. The number of carbonyl (C=O) groups excluding carboxylic acids is 1. The second-order valence-corrected chi connectivity index (χ2v) is 13.0. The zero-order valence-corrected chi connectivity index (χ0v) is 24.8. The van der Waals surface area contributed by atoms with Crippen molar-refractivity contribution < 1.29 is 15.0 Å². The molecule has 2 aliphatic heterocycles. The molecule has 0 radical (unpaired) electrons. The second-order valence-electron chi connectivity index (χ2n) is 13.0. The van der Waals surface area contributed by atoms with E-state index in [2.05, 4.69) is 58.4 Å². The summed E-state index contributed by atoms with van der Waals surface area (Å²) in [6.45, 7) is 6.94. The third-order valence-electron chi connectivity index (χ3n) is 10.2. The first kappa shape index (κ1) is 28.8. The third-order valence-corrected chi connectivity index (χ3v) is 10.2. The smallest absolute Gasteiger partial charge is 0.221 e. The standard InChI is InChI=1S/C36H45N3O3/c1-26-24-39(16-6-9-27-7-3-2-4-8-27)32-21-31(22-36(26,23-32)30-10-5-11-33(40)20-30)37-35(42)15-18-38-17-14-28-19-34(41)13-12-29(28)25-38/h2-5,7-8,10-13,19-20,26,31-32,40-41H,6,9,14-18,21-25H2,1H3,(H,37,42)/t26?,31-,32?,36?/m0/s1. The predicted molar refractivity (Wildman–Crippen MR) is 167 cm³/mol. The molecule has 42 heavy (non-hydrogen) atoms. The summed E-state index contributed by atoms with van der Waals surface area (Å²) >= 11 is 0. The maximum absolute atomic E-state index is 13.3. The number of nitrogens with one attached hydrogen (secondary N) is 1. The summed E-state index contributed by atoms with van der Waals surface area (Å²) in [5.74, 6) is 1.19. The van der Waals surface area contributed by atoms with Crippen molar-refractivity contribution in [2.24, 2.45) is 5.92 Å². The molecule has 1 amide bonds. The van der Waals surface area contributed by atoms with Crippen LogP contribution in [-0.2, 0) is 29.6 Å². The zero-order chi connectivity index (χ0) is 29.1. The molecule has 2 heterocycles. The highest BCUT2D eigenvalue weighted by Gasteiger charge is 2.51. The van der Waals surface area contributed by atoms with Gasteiger partial charge in [-0.15, -0.1) is 0 Å². The topological polar surface area (TPSA) is 76.0 Å². The Hall–Kier alpha value is -3.35. The van der Waals surface area contributed by atoms with Gasteiger partial charge in [-0.25, -0.2) is 0 Å². The molecule has 3 aromatic rings. The molecular weight excluding hydrogens is 522 g/mol. The number of amides is 1. The number of phenolic OH excluding ortho intramolecular Hbond substituents is 2. The molecule has 0 aromatic heterocycles. The number of benzene rings is 3. The number of hydrogen-bond donors (Lipinski definition) is 3. The Labute approximate surface area is 250 Å². The first-order valence-electron chi connectivity index (χ1n) is 15.8. The molecule has 6 heteroatoms. The zero-order valence-electron chi connectivity index (χ0n) is 24.8. The van der Waals surface area contributed by atoms with Crippen LogP contribution in [-0.4, -0.2) is 64.2 Å². The third kappa shape index (κ3) is 6.35. The van der Waals surface area contributed by atoms with Gasteiger partial charge >= 0.3 is 0 Å². The van der Waals surface area contributed by atoms with Gasteiger partial charge in [0.15, 0.2) is 0 Å². The lowest BCUT2D eigenvalue weighted by Gasteiger charge is -2.56. The van der Waals surface area contributed by atoms with Gasteiger partial charge in [0.2, 0.25) is 5.91 Å². The molecule has 6 rings (SSSR count). The van der Waals surface area contributed by atoms with Gasteiger partial charge in [0.1, 0.15) is 11.5 Å². The number of hydrogen-bond acceptors (Lipinski definition) is 5. The van der Waals surface area contributed by atoms with Crippen LogP contribution in [0.2, 0.25) is 0 Å². The molecule has 222 valence electrons. The number of nitrogens with zero attached hydrogens (tertiary/aromatic N) is 2. The van der Waals surface area contributed by atoms with Gasteiger partial charge in [-0.1, -0.05) is 55.5 Å². The van der Waals surface area contributed by atoms with Crippen LogP contribution >= 0.6 is 0 Å². The lowest BCUT2D eigenvalue weighted by atomic mass is 9.57.